The molecule has 1 heterocycles. The van der Waals surface area contributed by atoms with Crippen molar-refractivity contribution in [2.24, 2.45) is 0 Å². The second-order valence-electron chi connectivity index (χ2n) is 4.65. The molecule has 3 aromatic rings. The van der Waals surface area contributed by atoms with E-state index >= 15 is 0 Å². The average Bonchev–Trinajstić information content (AvgIpc) is 2.52. The molecular weight excluding hydrogens is 260 g/mol. The Hall–Kier alpha value is -3.12. The van der Waals surface area contributed by atoms with Gasteiger partial charge in [-0.3, -0.25) is 0 Å². The molecule has 0 unspecified atom stereocenters. The van der Waals surface area contributed by atoms with E-state index in [9.17, 15) is 10.4 Å². The van der Waals surface area contributed by atoms with Gasteiger partial charge in [0, 0.05) is 5.39 Å². The molecule has 3 nitrogen and oxygen atoms in total. The zero-order chi connectivity index (χ0) is 14.7. The van der Waals surface area contributed by atoms with Gasteiger partial charge in [-0.1, -0.05) is 36.4 Å². The number of hydrogen-bond acceptors (Lipinski definition) is 3. The fourth-order valence-corrected chi connectivity index (χ4v) is 2.16. The number of allylic oxidation sites excluding steroid dienone is 1. The molecule has 0 aliphatic rings. The van der Waals surface area contributed by atoms with E-state index in [2.05, 4.69) is 11.1 Å². The Bertz CT molecular complexity index is 876. The molecule has 0 amide bonds. The molecule has 1 aromatic heterocycles. The predicted octanol–water partition coefficient (Wildman–Crippen LogP) is 4.00. The van der Waals surface area contributed by atoms with Crippen LogP contribution in [0, 0.1) is 11.3 Å². The summed E-state index contributed by atoms with van der Waals surface area (Å²) in [6.07, 6.45) is 1.72. The second kappa shape index (κ2) is 5.48. The normalized spacial score (nSPS) is 11.3. The molecule has 1 N–H and O–H groups in total. The van der Waals surface area contributed by atoms with Crippen LogP contribution in [0.2, 0.25) is 0 Å². The molecule has 0 saturated carbocycles. The fourth-order valence-electron chi connectivity index (χ4n) is 2.16. The molecule has 3 rings (SSSR count). The first-order chi connectivity index (χ1) is 10.3. The van der Waals surface area contributed by atoms with Crippen LogP contribution in [0.4, 0.5) is 0 Å². The minimum Gasteiger partial charge on any atom is -0.508 e. The van der Waals surface area contributed by atoms with Crippen LogP contribution in [0.15, 0.2) is 60.7 Å². The number of benzene rings is 2. The van der Waals surface area contributed by atoms with Gasteiger partial charge in [-0.2, -0.15) is 5.26 Å². The molecule has 0 fully saturated rings. The van der Waals surface area contributed by atoms with E-state index in [0.29, 0.717) is 11.3 Å². The smallest absolute Gasteiger partial charge is 0.116 e. The number of pyridine rings is 1. The van der Waals surface area contributed by atoms with Gasteiger partial charge in [0.1, 0.15) is 11.8 Å². The molecule has 21 heavy (non-hydrogen) atoms. The van der Waals surface area contributed by atoms with Crippen molar-refractivity contribution in [1.29, 1.82) is 5.26 Å². The van der Waals surface area contributed by atoms with Gasteiger partial charge in [0.25, 0.3) is 0 Å². The van der Waals surface area contributed by atoms with Gasteiger partial charge in [-0.05, 0) is 35.9 Å². The molecule has 0 aliphatic carbocycles. The third-order valence-electron chi connectivity index (χ3n) is 3.18. The van der Waals surface area contributed by atoms with E-state index in [-0.39, 0.29) is 5.75 Å². The van der Waals surface area contributed by atoms with Crippen molar-refractivity contribution in [2.75, 3.05) is 0 Å². The van der Waals surface area contributed by atoms with Gasteiger partial charge in [0.05, 0.1) is 16.8 Å². The number of hydrogen-bond donors (Lipinski definition) is 1. The Labute approximate surface area is 122 Å². The van der Waals surface area contributed by atoms with E-state index in [1.165, 1.54) is 0 Å². The van der Waals surface area contributed by atoms with Gasteiger partial charge in [-0.25, -0.2) is 4.98 Å². The Morgan fingerprint density at radius 1 is 1.05 bits per heavy atom. The van der Waals surface area contributed by atoms with Gasteiger partial charge >= 0.3 is 0 Å². The summed E-state index contributed by atoms with van der Waals surface area (Å²) in [6, 6.07) is 20.5. The third-order valence-corrected chi connectivity index (χ3v) is 3.18. The first-order valence-electron chi connectivity index (χ1n) is 6.53. The summed E-state index contributed by atoms with van der Waals surface area (Å²) in [6.45, 7) is 0. The number of phenols is 1. The maximum atomic E-state index is 9.48. The lowest BCUT2D eigenvalue weighted by atomic mass is 10.1. The first kappa shape index (κ1) is 12.9. The highest BCUT2D eigenvalue weighted by atomic mass is 16.3. The minimum absolute atomic E-state index is 0.174. The number of aromatic hydroxyl groups is 1. The SMILES string of the molecule is N#CC(=Cc1cccc(O)c1)c1ccc2ccccc2n1. The molecule has 3 heteroatoms. The lowest BCUT2D eigenvalue weighted by Gasteiger charge is -2.02. The average molecular weight is 272 g/mol. The first-order valence-corrected chi connectivity index (χ1v) is 6.53. The number of nitriles is 1. The molecule has 0 spiro atoms. The fraction of sp³-hybridized carbons (Fsp3) is 0. The number of aromatic nitrogens is 1. The van der Waals surface area contributed by atoms with Crippen LogP contribution in [0.1, 0.15) is 11.3 Å². The molecule has 100 valence electrons. The van der Waals surface area contributed by atoms with E-state index in [4.69, 9.17) is 0 Å². The Kier molecular flexibility index (Phi) is 3.36. The lowest BCUT2D eigenvalue weighted by Crippen LogP contribution is -1.88. The van der Waals surface area contributed by atoms with Gasteiger partial charge < -0.3 is 5.11 Å². The molecule has 0 radical (unpaired) electrons. The zero-order valence-electron chi connectivity index (χ0n) is 11.2. The number of nitrogens with zero attached hydrogens (tertiary/aromatic N) is 2. The van der Waals surface area contributed by atoms with Crippen LogP contribution < -0.4 is 0 Å². The second-order valence-corrected chi connectivity index (χ2v) is 4.65. The lowest BCUT2D eigenvalue weighted by molar-refractivity contribution is 0.475. The van der Waals surface area contributed by atoms with Crippen molar-refractivity contribution >= 4 is 22.6 Å². The van der Waals surface area contributed by atoms with Crippen LogP contribution in [0.3, 0.4) is 0 Å². The Balaban J connectivity index is 2.08. The molecular formula is C18H12N2O. The summed E-state index contributed by atoms with van der Waals surface area (Å²) in [7, 11) is 0. The Morgan fingerprint density at radius 2 is 1.90 bits per heavy atom. The third kappa shape index (κ3) is 2.75. The maximum absolute atomic E-state index is 9.48. The maximum Gasteiger partial charge on any atom is 0.116 e. The molecule has 0 atom stereocenters. The standard InChI is InChI=1S/C18H12N2O/c19-12-15(10-13-4-3-6-16(21)11-13)18-9-8-14-5-1-2-7-17(14)20-18/h1-11,21H. The van der Waals surface area contributed by atoms with Gasteiger partial charge in [0.2, 0.25) is 0 Å². The Morgan fingerprint density at radius 3 is 2.71 bits per heavy atom. The monoisotopic (exact) mass is 272 g/mol. The highest BCUT2D eigenvalue weighted by Gasteiger charge is 2.04. The van der Waals surface area contributed by atoms with Crippen molar-refractivity contribution in [3.05, 3.63) is 71.9 Å². The summed E-state index contributed by atoms with van der Waals surface area (Å²) in [5.74, 6) is 0.174. The quantitative estimate of drug-likeness (QED) is 0.717. The van der Waals surface area contributed by atoms with Crippen LogP contribution in [-0.2, 0) is 0 Å². The van der Waals surface area contributed by atoms with Crippen molar-refractivity contribution in [1.82, 2.24) is 4.98 Å². The molecule has 0 aliphatic heterocycles. The van der Waals surface area contributed by atoms with E-state index in [0.717, 1.165) is 16.5 Å². The summed E-state index contributed by atoms with van der Waals surface area (Å²) in [5.41, 5.74) is 2.71. The van der Waals surface area contributed by atoms with Gasteiger partial charge in [-0.15, -0.1) is 0 Å². The van der Waals surface area contributed by atoms with Gasteiger partial charge in [0.15, 0.2) is 0 Å². The number of rotatable bonds is 2. The minimum atomic E-state index is 0.174. The number of phenolic OH excluding ortho intramolecular Hbond substituents is 1. The van der Waals surface area contributed by atoms with Crippen molar-refractivity contribution in [3.8, 4) is 11.8 Å². The molecule has 0 saturated heterocycles. The molecule has 0 bridgehead atoms. The van der Waals surface area contributed by atoms with Crippen molar-refractivity contribution < 1.29 is 5.11 Å². The highest BCUT2D eigenvalue weighted by molar-refractivity contribution is 5.90. The summed E-state index contributed by atoms with van der Waals surface area (Å²) in [5, 5.41) is 19.9. The van der Waals surface area contributed by atoms with E-state index < -0.39 is 0 Å². The summed E-state index contributed by atoms with van der Waals surface area (Å²) < 4.78 is 0. The molecule has 2 aromatic carbocycles. The van der Waals surface area contributed by atoms with Crippen LogP contribution >= 0.6 is 0 Å². The zero-order valence-corrected chi connectivity index (χ0v) is 11.2. The van der Waals surface area contributed by atoms with Crippen molar-refractivity contribution in [3.63, 3.8) is 0 Å². The van der Waals surface area contributed by atoms with Crippen LogP contribution in [-0.4, -0.2) is 10.1 Å². The number of para-hydroxylation sites is 1. The summed E-state index contributed by atoms with van der Waals surface area (Å²) >= 11 is 0. The van der Waals surface area contributed by atoms with E-state index in [1.807, 2.05) is 42.5 Å². The largest absolute Gasteiger partial charge is 0.508 e. The van der Waals surface area contributed by atoms with Crippen molar-refractivity contribution in [2.45, 2.75) is 0 Å². The topological polar surface area (TPSA) is 56.9 Å². The van der Waals surface area contributed by atoms with E-state index in [1.54, 1.807) is 24.3 Å². The highest BCUT2D eigenvalue weighted by Crippen LogP contribution is 2.21. The summed E-state index contributed by atoms with van der Waals surface area (Å²) in [4.78, 5) is 4.51. The predicted molar refractivity (Wildman–Crippen MR) is 83.3 cm³/mol. The van der Waals surface area contributed by atoms with Crippen LogP contribution in [0.5, 0.6) is 5.75 Å². The number of fused-ring (bicyclic) bond motifs is 1. The van der Waals surface area contributed by atoms with Crippen LogP contribution in [0.25, 0.3) is 22.6 Å².